The molecule has 0 fully saturated rings. The predicted octanol–water partition coefficient (Wildman–Crippen LogP) is 3.04. The van der Waals surface area contributed by atoms with Crippen molar-refractivity contribution in [2.75, 3.05) is 19.4 Å². The number of hydrogen-bond donors (Lipinski definition) is 1. The highest BCUT2D eigenvalue weighted by Gasteiger charge is 2.33. The molecule has 0 saturated heterocycles. The van der Waals surface area contributed by atoms with Crippen molar-refractivity contribution in [2.24, 2.45) is 0 Å². The molecule has 0 bridgehead atoms. The van der Waals surface area contributed by atoms with Crippen LogP contribution in [0.3, 0.4) is 0 Å². The van der Waals surface area contributed by atoms with E-state index in [0.29, 0.717) is 22.9 Å². The Labute approximate surface area is 157 Å². The quantitative estimate of drug-likeness (QED) is 0.600. The van der Waals surface area contributed by atoms with Gasteiger partial charge in [0.05, 0.1) is 12.9 Å². The van der Waals surface area contributed by atoms with Crippen LogP contribution in [0.4, 0.5) is 0 Å². The second kappa shape index (κ2) is 7.65. The zero-order chi connectivity index (χ0) is 18.7. The van der Waals surface area contributed by atoms with Crippen LogP contribution in [0.2, 0.25) is 5.02 Å². The van der Waals surface area contributed by atoms with Crippen molar-refractivity contribution in [1.82, 2.24) is 5.32 Å². The molecule has 1 aliphatic rings. The van der Waals surface area contributed by atoms with E-state index in [4.69, 9.17) is 20.5 Å². The first kappa shape index (κ1) is 18.7. The lowest BCUT2D eigenvalue weighted by Crippen LogP contribution is -2.27. The minimum Gasteiger partial charge on any atom is -0.457 e. The van der Waals surface area contributed by atoms with Crippen LogP contribution >= 0.6 is 11.6 Å². The van der Waals surface area contributed by atoms with Crippen LogP contribution in [0.5, 0.6) is 11.5 Å². The average molecular weight is 396 g/mol. The van der Waals surface area contributed by atoms with Gasteiger partial charge in [0.2, 0.25) is 6.41 Å². The van der Waals surface area contributed by atoms with Gasteiger partial charge in [0.1, 0.15) is 11.5 Å². The fourth-order valence-electron chi connectivity index (χ4n) is 3.16. The van der Waals surface area contributed by atoms with E-state index in [-0.39, 0.29) is 25.0 Å². The number of ether oxygens (including phenoxy) is 1. The molecule has 138 valence electrons. The number of benzene rings is 2. The lowest BCUT2D eigenvalue weighted by Gasteiger charge is -2.26. The summed E-state index contributed by atoms with van der Waals surface area (Å²) in [5.74, 6) is 0.598. The van der Waals surface area contributed by atoms with E-state index in [0.717, 1.165) is 17.4 Å². The van der Waals surface area contributed by atoms with E-state index in [1.807, 2.05) is 24.3 Å². The Morgan fingerprint density at radius 1 is 1.15 bits per heavy atom. The molecule has 0 spiro atoms. The zero-order valence-corrected chi connectivity index (χ0v) is 15.6. The zero-order valence-electron chi connectivity index (χ0n) is 14.0. The monoisotopic (exact) mass is 395 g/mol. The first-order chi connectivity index (χ1) is 12.4. The molecule has 3 rings (SSSR count). The third-order valence-corrected chi connectivity index (χ3v) is 5.08. The molecule has 2 atom stereocenters. The van der Waals surface area contributed by atoms with Gasteiger partial charge in [-0.05, 0) is 24.3 Å². The number of amides is 1. The molecule has 0 radical (unpaired) electrons. The van der Waals surface area contributed by atoms with Crippen molar-refractivity contribution >= 4 is 28.1 Å². The van der Waals surface area contributed by atoms with Gasteiger partial charge < -0.3 is 10.1 Å². The number of rotatable bonds is 6. The molecule has 0 aliphatic carbocycles. The maximum atomic E-state index is 11.5. The summed E-state index contributed by atoms with van der Waals surface area (Å²) in [7, 11) is -3.62. The number of hydrogen-bond acceptors (Lipinski definition) is 5. The molecule has 26 heavy (non-hydrogen) atoms. The smallest absolute Gasteiger partial charge is 0.264 e. The maximum Gasteiger partial charge on any atom is 0.264 e. The van der Waals surface area contributed by atoms with Crippen LogP contribution in [-0.4, -0.2) is 34.2 Å². The summed E-state index contributed by atoms with van der Waals surface area (Å²) >= 11 is 6.17. The van der Waals surface area contributed by atoms with Crippen molar-refractivity contribution < 1.29 is 22.1 Å². The highest BCUT2D eigenvalue weighted by molar-refractivity contribution is 7.85. The maximum absolute atomic E-state index is 11.5. The van der Waals surface area contributed by atoms with Crippen LogP contribution < -0.4 is 10.1 Å². The minimum absolute atomic E-state index is 0.0731. The predicted molar refractivity (Wildman–Crippen MR) is 98.3 cm³/mol. The van der Waals surface area contributed by atoms with Crippen LogP contribution in [0.25, 0.3) is 0 Å². The van der Waals surface area contributed by atoms with Crippen LogP contribution in [0.1, 0.15) is 23.0 Å². The molecule has 1 aliphatic heterocycles. The summed E-state index contributed by atoms with van der Waals surface area (Å²) < 4.78 is 34.2. The van der Waals surface area contributed by atoms with E-state index >= 15 is 0 Å². The van der Waals surface area contributed by atoms with Crippen molar-refractivity contribution in [3.05, 3.63) is 58.6 Å². The van der Waals surface area contributed by atoms with E-state index in [9.17, 15) is 13.2 Å². The minimum atomic E-state index is -3.62. The molecule has 0 unspecified atom stereocenters. The largest absolute Gasteiger partial charge is 0.457 e. The van der Waals surface area contributed by atoms with Crippen molar-refractivity contribution in [3.8, 4) is 11.5 Å². The van der Waals surface area contributed by atoms with Gasteiger partial charge in [0, 0.05) is 34.5 Å². The number of carbonyl (C=O) groups excluding carboxylic acids is 1. The molecule has 2 aromatic rings. The fraction of sp³-hybridized carbons (Fsp3) is 0.278. The highest BCUT2D eigenvalue weighted by atomic mass is 35.5. The summed E-state index contributed by atoms with van der Waals surface area (Å²) in [6.45, 7) is 0.211. The van der Waals surface area contributed by atoms with Gasteiger partial charge in [-0.25, -0.2) is 0 Å². The number of halogens is 1. The molecule has 0 saturated carbocycles. The first-order valence-electron chi connectivity index (χ1n) is 7.96. The lowest BCUT2D eigenvalue weighted by atomic mass is 9.82. The molecule has 0 aromatic heterocycles. The van der Waals surface area contributed by atoms with E-state index in [1.165, 1.54) is 0 Å². The average Bonchev–Trinajstić information content (AvgIpc) is 2.71. The van der Waals surface area contributed by atoms with E-state index in [1.54, 1.807) is 18.2 Å². The van der Waals surface area contributed by atoms with Gasteiger partial charge in [-0.3, -0.25) is 8.98 Å². The molecule has 8 heteroatoms. The Balaban J connectivity index is 2.13. The SMILES string of the molecule is CS(=O)(=O)OC[C@H]1c2ccccc2Oc2ccc(Cl)cc2[C@@H]1CNC=O. The van der Waals surface area contributed by atoms with Gasteiger partial charge in [0.15, 0.2) is 0 Å². The molecule has 1 amide bonds. The van der Waals surface area contributed by atoms with Crippen LogP contribution in [0, 0.1) is 0 Å². The topological polar surface area (TPSA) is 81.7 Å². The highest BCUT2D eigenvalue weighted by Crippen LogP contribution is 2.46. The van der Waals surface area contributed by atoms with Crippen molar-refractivity contribution in [2.45, 2.75) is 11.8 Å². The Bertz CT molecular complexity index is 916. The first-order valence-corrected chi connectivity index (χ1v) is 10.2. The Morgan fingerprint density at radius 2 is 1.88 bits per heavy atom. The Kier molecular flexibility index (Phi) is 5.50. The van der Waals surface area contributed by atoms with E-state index in [2.05, 4.69) is 5.32 Å². The van der Waals surface area contributed by atoms with Gasteiger partial charge in [-0.2, -0.15) is 8.42 Å². The van der Waals surface area contributed by atoms with Crippen molar-refractivity contribution in [1.29, 1.82) is 0 Å². The number of para-hydroxylation sites is 1. The second-order valence-corrected chi connectivity index (χ2v) is 8.13. The summed E-state index contributed by atoms with van der Waals surface area (Å²) in [5, 5.41) is 3.21. The third kappa shape index (κ3) is 4.17. The normalized spacial score (nSPS) is 18.8. The summed E-state index contributed by atoms with van der Waals surface area (Å²) in [6.07, 6.45) is 1.62. The summed E-state index contributed by atoms with van der Waals surface area (Å²) in [5.41, 5.74) is 1.59. The molecule has 1 N–H and O–H groups in total. The molecule has 1 heterocycles. The molecule has 2 aromatic carbocycles. The molecule has 6 nitrogen and oxygen atoms in total. The van der Waals surface area contributed by atoms with Crippen LogP contribution in [0.15, 0.2) is 42.5 Å². The number of carbonyl (C=O) groups is 1. The fourth-order valence-corrected chi connectivity index (χ4v) is 3.74. The van der Waals surface area contributed by atoms with Crippen molar-refractivity contribution in [3.63, 3.8) is 0 Å². The summed E-state index contributed by atoms with van der Waals surface area (Å²) in [4.78, 5) is 10.9. The van der Waals surface area contributed by atoms with Gasteiger partial charge in [-0.15, -0.1) is 0 Å². The van der Waals surface area contributed by atoms with Gasteiger partial charge in [-0.1, -0.05) is 29.8 Å². The third-order valence-electron chi connectivity index (χ3n) is 4.28. The number of fused-ring (bicyclic) bond motifs is 2. The lowest BCUT2D eigenvalue weighted by molar-refractivity contribution is -0.109. The summed E-state index contributed by atoms with van der Waals surface area (Å²) in [6, 6.07) is 12.6. The Morgan fingerprint density at radius 3 is 2.62 bits per heavy atom. The van der Waals surface area contributed by atoms with E-state index < -0.39 is 10.1 Å². The standard InChI is InChI=1S/C18H18ClNO5S/c1-26(22,23)24-10-16-13-4-2-3-5-17(13)25-18-7-6-12(19)8-14(18)15(16)9-20-11-21/h2-8,11,15-16H,9-10H2,1H3,(H,20,21)/t15-,16-/m0/s1. The molecular weight excluding hydrogens is 378 g/mol. The van der Waals surface area contributed by atoms with Crippen LogP contribution in [-0.2, 0) is 19.1 Å². The Hall–Kier alpha value is -2.09. The second-order valence-electron chi connectivity index (χ2n) is 6.05. The molecular formula is C18H18ClNO5S. The van der Waals surface area contributed by atoms with Gasteiger partial charge in [0.25, 0.3) is 10.1 Å². The number of nitrogens with one attached hydrogen (secondary N) is 1. The van der Waals surface area contributed by atoms with Gasteiger partial charge >= 0.3 is 0 Å².